The predicted octanol–water partition coefficient (Wildman–Crippen LogP) is 2.37. The number of ketones is 1. The molecule has 0 saturated heterocycles. The van der Waals surface area contributed by atoms with Crippen LogP contribution in [0.3, 0.4) is 0 Å². The average molecular weight is 312 g/mol. The molecular formula is C16H13FN4O2. The van der Waals surface area contributed by atoms with Crippen molar-refractivity contribution in [2.75, 3.05) is 7.11 Å². The molecule has 3 aromatic rings. The smallest absolute Gasteiger partial charge is 0.222 e. The maximum atomic E-state index is 12.9. The summed E-state index contributed by atoms with van der Waals surface area (Å²) in [6, 6.07) is 8.96. The van der Waals surface area contributed by atoms with Gasteiger partial charge in [-0.25, -0.2) is 14.1 Å². The van der Waals surface area contributed by atoms with Crippen LogP contribution in [0.15, 0.2) is 48.8 Å². The molecule has 0 N–H and O–H groups in total. The van der Waals surface area contributed by atoms with Gasteiger partial charge in [0, 0.05) is 11.8 Å². The first-order valence-corrected chi connectivity index (χ1v) is 6.85. The monoisotopic (exact) mass is 312 g/mol. The van der Waals surface area contributed by atoms with Gasteiger partial charge in [0.05, 0.1) is 18.9 Å². The van der Waals surface area contributed by atoms with Crippen molar-refractivity contribution in [2.24, 2.45) is 0 Å². The predicted molar refractivity (Wildman–Crippen MR) is 80.5 cm³/mol. The van der Waals surface area contributed by atoms with Crippen molar-refractivity contribution in [3.63, 3.8) is 0 Å². The van der Waals surface area contributed by atoms with Crippen molar-refractivity contribution in [2.45, 2.75) is 6.54 Å². The van der Waals surface area contributed by atoms with Crippen molar-refractivity contribution in [3.8, 4) is 17.1 Å². The number of aromatic nitrogens is 4. The fourth-order valence-corrected chi connectivity index (χ4v) is 2.12. The lowest BCUT2D eigenvalue weighted by molar-refractivity contribution is 0.0967. The molecule has 23 heavy (non-hydrogen) atoms. The second-order valence-corrected chi connectivity index (χ2v) is 4.79. The molecule has 116 valence electrons. The lowest BCUT2D eigenvalue weighted by atomic mass is 10.1. The third kappa shape index (κ3) is 3.23. The van der Waals surface area contributed by atoms with E-state index in [2.05, 4.69) is 15.3 Å². The van der Waals surface area contributed by atoms with Gasteiger partial charge in [-0.05, 0) is 36.4 Å². The first-order chi connectivity index (χ1) is 11.2. The van der Waals surface area contributed by atoms with Crippen LogP contribution in [0.25, 0.3) is 11.3 Å². The Labute approximate surface area is 131 Å². The number of ether oxygens (including phenoxy) is 1. The van der Waals surface area contributed by atoms with Crippen LogP contribution in [0, 0.1) is 5.82 Å². The van der Waals surface area contributed by atoms with E-state index in [1.165, 1.54) is 36.1 Å². The van der Waals surface area contributed by atoms with Gasteiger partial charge in [0.1, 0.15) is 18.1 Å². The van der Waals surface area contributed by atoms with E-state index in [4.69, 9.17) is 4.74 Å². The number of carbonyl (C=O) groups is 1. The number of Topliss-reactive ketones (excluding diaryl/α,β-unsaturated/α-hetero) is 1. The van der Waals surface area contributed by atoms with E-state index in [9.17, 15) is 9.18 Å². The zero-order valence-electron chi connectivity index (χ0n) is 12.3. The number of rotatable bonds is 5. The van der Waals surface area contributed by atoms with Crippen LogP contribution in [0.2, 0.25) is 0 Å². The summed E-state index contributed by atoms with van der Waals surface area (Å²) in [4.78, 5) is 16.2. The van der Waals surface area contributed by atoms with Gasteiger partial charge in [0.2, 0.25) is 5.88 Å². The minimum Gasteiger partial charge on any atom is -0.481 e. The Bertz CT molecular complexity index is 830. The molecule has 0 aliphatic rings. The topological polar surface area (TPSA) is 69.9 Å². The van der Waals surface area contributed by atoms with Gasteiger partial charge in [0.25, 0.3) is 0 Å². The standard InChI is InChI=1S/C16H13FN4O2/c1-23-16-13(3-2-8-18-16)14-9-21(20-19-14)10-15(22)11-4-6-12(17)7-5-11/h2-9H,10H2,1H3. The minimum atomic E-state index is -0.381. The third-order valence-electron chi connectivity index (χ3n) is 3.25. The van der Waals surface area contributed by atoms with Crippen molar-refractivity contribution in [1.82, 2.24) is 20.0 Å². The molecule has 3 rings (SSSR count). The molecule has 0 amide bonds. The Morgan fingerprint density at radius 3 is 2.78 bits per heavy atom. The fraction of sp³-hybridized carbons (Fsp3) is 0.125. The van der Waals surface area contributed by atoms with Crippen LogP contribution in [-0.2, 0) is 6.54 Å². The highest BCUT2D eigenvalue weighted by Crippen LogP contribution is 2.25. The Morgan fingerprint density at radius 1 is 1.26 bits per heavy atom. The summed E-state index contributed by atoms with van der Waals surface area (Å²) < 4.78 is 19.5. The second-order valence-electron chi connectivity index (χ2n) is 4.79. The fourth-order valence-electron chi connectivity index (χ4n) is 2.12. The molecule has 6 nitrogen and oxygen atoms in total. The van der Waals surface area contributed by atoms with Gasteiger partial charge in [0.15, 0.2) is 5.78 Å². The first-order valence-electron chi connectivity index (χ1n) is 6.85. The summed E-state index contributed by atoms with van der Waals surface area (Å²) >= 11 is 0. The van der Waals surface area contributed by atoms with Crippen LogP contribution in [0.1, 0.15) is 10.4 Å². The Balaban J connectivity index is 1.79. The number of benzene rings is 1. The molecule has 0 fully saturated rings. The quantitative estimate of drug-likeness (QED) is 0.676. The average Bonchev–Trinajstić information content (AvgIpc) is 3.03. The van der Waals surface area contributed by atoms with E-state index in [-0.39, 0.29) is 18.1 Å². The summed E-state index contributed by atoms with van der Waals surface area (Å²) in [5, 5.41) is 7.98. The number of carbonyl (C=O) groups excluding carboxylic acids is 1. The van der Waals surface area contributed by atoms with Gasteiger partial charge >= 0.3 is 0 Å². The van der Waals surface area contributed by atoms with Crippen LogP contribution < -0.4 is 4.74 Å². The number of pyridine rings is 1. The first kappa shape index (κ1) is 14.8. The molecule has 0 saturated carbocycles. The minimum absolute atomic E-state index is 0.0151. The summed E-state index contributed by atoms with van der Waals surface area (Å²) in [6.07, 6.45) is 3.26. The molecule has 0 spiro atoms. The molecule has 0 aliphatic heterocycles. The zero-order valence-corrected chi connectivity index (χ0v) is 12.3. The molecule has 1 aromatic carbocycles. The highest BCUT2D eigenvalue weighted by Gasteiger charge is 2.13. The molecule has 0 bridgehead atoms. The van der Waals surface area contributed by atoms with Crippen molar-refractivity contribution in [1.29, 1.82) is 0 Å². The number of methoxy groups -OCH3 is 1. The summed E-state index contributed by atoms with van der Waals surface area (Å²) in [5.74, 6) is -0.128. The van der Waals surface area contributed by atoms with Crippen molar-refractivity contribution < 1.29 is 13.9 Å². The molecule has 7 heteroatoms. The molecule has 0 aliphatic carbocycles. The number of nitrogens with zero attached hydrogens (tertiary/aromatic N) is 4. The largest absolute Gasteiger partial charge is 0.481 e. The van der Waals surface area contributed by atoms with Crippen LogP contribution in [0.4, 0.5) is 4.39 Å². The number of halogens is 1. The lowest BCUT2D eigenvalue weighted by Crippen LogP contribution is -2.11. The molecule has 0 unspecified atom stereocenters. The second kappa shape index (κ2) is 6.35. The Morgan fingerprint density at radius 2 is 2.04 bits per heavy atom. The van der Waals surface area contributed by atoms with Crippen LogP contribution in [-0.4, -0.2) is 32.9 Å². The highest BCUT2D eigenvalue weighted by atomic mass is 19.1. The van der Waals surface area contributed by atoms with Crippen LogP contribution in [0.5, 0.6) is 5.88 Å². The number of hydrogen-bond donors (Lipinski definition) is 0. The SMILES string of the molecule is COc1ncccc1-c1cn(CC(=O)c2ccc(F)cc2)nn1. The van der Waals surface area contributed by atoms with Gasteiger partial charge in [-0.2, -0.15) is 0 Å². The summed E-state index contributed by atoms with van der Waals surface area (Å²) in [6.45, 7) is 0.0151. The third-order valence-corrected chi connectivity index (χ3v) is 3.25. The molecule has 0 atom stereocenters. The van der Waals surface area contributed by atoms with Gasteiger partial charge in [-0.1, -0.05) is 5.21 Å². The van der Waals surface area contributed by atoms with Gasteiger partial charge in [-0.15, -0.1) is 5.10 Å². The summed E-state index contributed by atoms with van der Waals surface area (Å²) in [7, 11) is 1.52. The van der Waals surface area contributed by atoms with Crippen LogP contribution >= 0.6 is 0 Å². The lowest BCUT2D eigenvalue weighted by Gasteiger charge is -2.03. The van der Waals surface area contributed by atoms with E-state index < -0.39 is 0 Å². The van der Waals surface area contributed by atoms with E-state index in [0.29, 0.717) is 22.7 Å². The van der Waals surface area contributed by atoms with Gasteiger partial charge in [-0.3, -0.25) is 4.79 Å². The van der Waals surface area contributed by atoms with E-state index in [1.54, 1.807) is 18.5 Å². The molecule has 0 radical (unpaired) electrons. The summed E-state index contributed by atoms with van der Waals surface area (Å²) in [5.41, 5.74) is 1.67. The zero-order chi connectivity index (χ0) is 16.2. The normalized spacial score (nSPS) is 10.5. The van der Waals surface area contributed by atoms with Crippen molar-refractivity contribution >= 4 is 5.78 Å². The van der Waals surface area contributed by atoms with E-state index in [1.807, 2.05) is 6.07 Å². The Kier molecular flexibility index (Phi) is 4.09. The molecule has 2 aromatic heterocycles. The van der Waals surface area contributed by atoms with Gasteiger partial charge < -0.3 is 4.74 Å². The molecule has 2 heterocycles. The van der Waals surface area contributed by atoms with E-state index >= 15 is 0 Å². The highest BCUT2D eigenvalue weighted by molar-refractivity contribution is 5.95. The number of hydrogen-bond acceptors (Lipinski definition) is 5. The van der Waals surface area contributed by atoms with E-state index in [0.717, 1.165) is 0 Å². The maximum absolute atomic E-state index is 12.9. The van der Waals surface area contributed by atoms with Crippen molar-refractivity contribution in [3.05, 3.63) is 60.2 Å². The Hall–Kier alpha value is -3.09. The molecular weight excluding hydrogens is 299 g/mol. The maximum Gasteiger partial charge on any atom is 0.222 e.